The monoisotopic (exact) mass is 273 g/mol. The molecule has 0 atom stereocenters. The second-order valence-electron chi connectivity index (χ2n) is 5.24. The summed E-state index contributed by atoms with van der Waals surface area (Å²) in [7, 11) is 1.39. The number of aromatic nitrogens is 2. The predicted molar refractivity (Wildman–Crippen MR) is 75.6 cm³/mol. The average Bonchev–Trinajstić information content (AvgIpc) is 3.12. The molecule has 0 amide bonds. The van der Waals surface area contributed by atoms with Gasteiger partial charge in [0.15, 0.2) is 5.65 Å². The molecule has 0 bridgehead atoms. The lowest BCUT2D eigenvalue weighted by Crippen LogP contribution is -2.25. The van der Waals surface area contributed by atoms with Crippen molar-refractivity contribution >= 4 is 11.6 Å². The SMILES string of the molecule is COC(=O)c1cccn2cc(CNC3CCCC3)nc12. The standard InChI is InChI=1S/C15H19N3O2/c1-20-15(19)13-7-4-8-18-10-12(17-14(13)18)9-16-11-5-2-3-6-11/h4,7-8,10-11,16H,2-3,5-6,9H2,1H3. The largest absolute Gasteiger partial charge is 0.465 e. The fourth-order valence-corrected chi connectivity index (χ4v) is 2.80. The summed E-state index contributed by atoms with van der Waals surface area (Å²) < 4.78 is 6.66. The van der Waals surface area contributed by atoms with Gasteiger partial charge in [0.05, 0.1) is 12.8 Å². The number of carbonyl (C=O) groups is 1. The molecule has 0 radical (unpaired) electrons. The molecule has 2 aromatic heterocycles. The van der Waals surface area contributed by atoms with Crippen molar-refractivity contribution in [3.05, 3.63) is 35.8 Å². The maximum atomic E-state index is 11.7. The molecule has 2 heterocycles. The first-order chi connectivity index (χ1) is 9.78. The number of fused-ring (bicyclic) bond motifs is 1. The highest BCUT2D eigenvalue weighted by molar-refractivity contribution is 5.95. The van der Waals surface area contributed by atoms with Crippen LogP contribution in [0.3, 0.4) is 0 Å². The first-order valence-electron chi connectivity index (χ1n) is 7.06. The fraction of sp³-hybridized carbons (Fsp3) is 0.467. The molecule has 1 aliphatic rings. The maximum absolute atomic E-state index is 11.7. The second kappa shape index (κ2) is 5.63. The van der Waals surface area contributed by atoms with Crippen LogP contribution in [0.5, 0.6) is 0 Å². The molecule has 20 heavy (non-hydrogen) atoms. The molecule has 3 rings (SSSR count). The van der Waals surface area contributed by atoms with Crippen molar-refractivity contribution < 1.29 is 9.53 Å². The molecular weight excluding hydrogens is 254 g/mol. The number of nitrogens with zero attached hydrogens (tertiary/aromatic N) is 2. The normalized spacial score (nSPS) is 15.8. The summed E-state index contributed by atoms with van der Waals surface area (Å²) in [6, 6.07) is 4.18. The topological polar surface area (TPSA) is 55.6 Å². The van der Waals surface area contributed by atoms with Crippen LogP contribution in [0, 0.1) is 0 Å². The third-order valence-corrected chi connectivity index (χ3v) is 3.86. The van der Waals surface area contributed by atoms with E-state index >= 15 is 0 Å². The summed E-state index contributed by atoms with van der Waals surface area (Å²) in [5.74, 6) is -0.350. The van der Waals surface area contributed by atoms with Gasteiger partial charge >= 0.3 is 5.97 Å². The highest BCUT2D eigenvalue weighted by Crippen LogP contribution is 2.18. The van der Waals surface area contributed by atoms with Crippen LogP contribution < -0.4 is 5.32 Å². The lowest BCUT2D eigenvalue weighted by molar-refractivity contribution is 0.0602. The Morgan fingerprint density at radius 3 is 3.05 bits per heavy atom. The highest BCUT2D eigenvalue weighted by Gasteiger charge is 2.16. The van der Waals surface area contributed by atoms with Crippen LogP contribution in [0.1, 0.15) is 41.7 Å². The zero-order valence-corrected chi connectivity index (χ0v) is 11.6. The predicted octanol–water partition coefficient (Wildman–Crippen LogP) is 2.15. The number of carbonyl (C=O) groups excluding carboxylic acids is 1. The molecule has 1 aliphatic carbocycles. The summed E-state index contributed by atoms with van der Waals surface area (Å²) in [4.78, 5) is 16.3. The highest BCUT2D eigenvalue weighted by atomic mass is 16.5. The lowest BCUT2D eigenvalue weighted by Gasteiger charge is -2.09. The van der Waals surface area contributed by atoms with E-state index in [1.54, 1.807) is 6.07 Å². The summed E-state index contributed by atoms with van der Waals surface area (Å²) in [5.41, 5.74) is 2.11. The van der Waals surface area contributed by atoms with E-state index in [0.29, 0.717) is 17.3 Å². The number of hydrogen-bond acceptors (Lipinski definition) is 4. The number of methoxy groups -OCH3 is 1. The maximum Gasteiger partial charge on any atom is 0.341 e. The summed E-state index contributed by atoms with van der Waals surface area (Å²) in [5, 5.41) is 3.53. The Kier molecular flexibility index (Phi) is 3.69. The fourth-order valence-electron chi connectivity index (χ4n) is 2.80. The molecule has 5 heteroatoms. The minimum absolute atomic E-state index is 0.350. The van der Waals surface area contributed by atoms with Crippen LogP contribution in [-0.4, -0.2) is 28.5 Å². The van der Waals surface area contributed by atoms with E-state index in [2.05, 4.69) is 10.3 Å². The van der Waals surface area contributed by atoms with Gasteiger partial charge in [0.25, 0.3) is 0 Å². The third-order valence-electron chi connectivity index (χ3n) is 3.86. The number of pyridine rings is 1. The Bertz CT molecular complexity index is 615. The number of rotatable bonds is 4. The van der Waals surface area contributed by atoms with Crippen LogP contribution in [-0.2, 0) is 11.3 Å². The van der Waals surface area contributed by atoms with Gasteiger partial charge in [0.2, 0.25) is 0 Å². The Morgan fingerprint density at radius 2 is 2.30 bits per heavy atom. The number of nitrogens with one attached hydrogen (secondary N) is 1. The van der Waals surface area contributed by atoms with Crippen molar-refractivity contribution in [3.63, 3.8) is 0 Å². The quantitative estimate of drug-likeness (QED) is 0.867. The minimum atomic E-state index is -0.350. The molecule has 2 aromatic rings. The van der Waals surface area contributed by atoms with Crippen LogP contribution in [0.15, 0.2) is 24.5 Å². The van der Waals surface area contributed by atoms with Gasteiger partial charge in [-0.3, -0.25) is 0 Å². The molecule has 0 aliphatic heterocycles. The molecule has 0 saturated heterocycles. The molecular formula is C15H19N3O2. The van der Waals surface area contributed by atoms with E-state index in [9.17, 15) is 4.79 Å². The van der Waals surface area contributed by atoms with Gasteiger partial charge in [-0.1, -0.05) is 12.8 Å². The van der Waals surface area contributed by atoms with Gasteiger partial charge in [0, 0.05) is 25.0 Å². The van der Waals surface area contributed by atoms with Crippen molar-refractivity contribution in [2.45, 2.75) is 38.3 Å². The molecule has 106 valence electrons. The third kappa shape index (κ3) is 2.54. The molecule has 1 N–H and O–H groups in total. The minimum Gasteiger partial charge on any atom is -0.465 e. The van der Waals surface area contributed by atoms with Crippen LogP contribution in [0.2, 0.25) is 0 Å². The van der Waals surface area contributed by atoms with E-state index in [1.165, 1.54) is 32.8 Å². The molecule has 0 spiro atoms. The van der Waals surface area contributed by atoms with Gasteiger partial charge in [-0.2, -0.15) is 0 Å². The zero-order valence-electron chi connectivity index (χ0n) is 11.6. The average molecular weight is 273 g/mol. The summed E-state index contributed by atoms with van der Waals surface area (Å²) in [6.07, 6.45) is 8.99. The molecule has 5 nitrogen and oxygen atoms in total. The molecule has 0 aromatic carbocycles. The van der Waals surface area contributed by atoms with Crippen LogP contribution in [0.25, 0.3) is 5.65 Å². The molecule has 1 saturated carbocycles. The Morgan fingerprint density at radius 1 is 1.50 bits per heavy atom. The number of hydrogen-bond donors (Lipinski definition) is 1. The first-order valence-corrected chi connectivity index (χ1v) is 7.06. The van der Waals surface area contributed by atoms with Crippen molar-refractivity contribution in [1.29, 1.82) is 0 Å². The van der Waals surface area contributed by atoms with E-state index in [-0.39, 0.29) is 5.97 Å². The Labute approximate surface area is 118 Å². The lowest BCUT2D eigenvalue weighted by atomic mass is 10.2. The number of imidazole rings is 1. The van der Waals surface area contributed by atoms with Gasteiger partial charge < -0.3 is 14.5 Å². The number of ether oxygens (including phenoxy) is 1. The van der Waals surface area contributed by atoms with Crippen LogP contribution in [0.4, 0.5) is 0 Å². The van der Waals surface area contributed by atoms with Gasteiger partial charge in [0.1, 0.15) is 5.56 Å². The van der Waals surface area contributed by atoms with Crippen molar-refractivity contribution in [3.8, 4) is 0 Å². The van der Waals surface area contributed by atoms with Gasteiger partial charge in [-0.25, -0.2) is 9.78 Å². The first kappa shape index (κ1) is 13.1. The van der Waals surface area contributed by atoms with Gasteiger partial charge in [-0.15, -0.1) is 0 Å². The summed E-state index contributed by atoms with van der Waals surface area (Å²) >= 11 is 0. The van der Waals surface area contributed by atoms with E-state index in [1.807, 2.05) is 22.9 Å². The Hall–Kier alpha value is -1.88. The van der Waals surface area contributed by atoms with Gasteiger partial charge in [-0.05, 0) is 25.0 Å². The molecule has 0 unspecified atom stereocenters. The van der Waals surface area contributed by atoms with Crippen molar-refractivity contribution in [2.24, 2.45) is 0 Å². The second-order valence-corrected chi connectivity index (χ2v) is 5.24. The Balaban J connectivity index is 1.80. The van der Waals surface area contributed by atoms with E-state index in [4.69, 9.17) is 4.74 Å². The van der Waals surface area contributed by atoms with Crippen molar-refractivity contribution in [1.82, 2.24) is 14.7 Å². The van der Waals surface area contributed by atoms with E-state index in [0.717, 1.165) is 12.2 Å². The smallest absolute Gasteiger partial charge is 0.341 e. The zero-order chi connectivity index (χ0) is 13.9. The summed E-state index contributed by atoms with van der Waals surface area (Å²) in [6.45, 7) is 0.743. The number of esters is 1. The molecule has 1 fully saturated rings. The van der Waals surface area contributed by atoms with Crippen molar-refractivity contribution in [2.75, 3.05) is 7.11 Å². The van der Waals surface area contributed by atoms with Crippen LogP contribution >= 0.6 is 0 Å². The van der Waals surface area contributed by atoms with E-state index < -0.39 is 0 Å².